The summed E-state index contributed by atoms with van der Waals surface area (Å²) in [5.74, 6) is 0.325. The number of ether oxygens (including phenoxy) is 1. The Bertz CT molecular complexity index is 977. The summed E-state index contributed by atoms with van der Waals surface area (Å²) in [6, 6.07) is 9.35. The molecule has 10 heteroatoms. The van der Waals surface area contributed by atoms with Crippen molar-refractivity contribution in [3.05, 3.63) is 40.4 Å². The Balaban J connectivity index is 1.92. The molecule has 0 radical (unpaired) electrons. The smallest absolute Gasteiger partial charge is 0.211 e. The summed E-state index contributed by atoms with van der Waals surface area (Å²) in [6.07, 6.45) is 1.63. The summed E-state index contributed by atoms with van der Waals surface area (Å²) < 4.78 is 30.7. The van der Waals surface area contributed by atoms with Crippen molar-refractivity contribution in [1.82, 2.24) is 9.71 Å². The number of nitrogens with one attached hydrogen (secondary N) is 1. The minimum atomic E-state index is -3.58. The third-order valence-electron chi connectivity index (χ3n) is 4.64. The van der Waals surface area contributed by atoms with Crippen molar-refractivity contribution in [3.8, 4) is 6.07 Å². The van der Waals surface area contributed by atoms with Crippen molar-refractivity contribution in [3.63, 3.8) is 0 Å². The average Bonchev–Trinajstić information content (AvgIpc) is 3.07. The van der Waals surface area contributed by atoms with Crippen LogP contribution in [0.1, 0.15) is 35.2 Å². The molecule has 1 fully saturated rings. The highest BCUT2D eigenvalue weighted by molar-refractivity contribution is 7.88. The van der Waals surface area contributed by atoms with Gasteiger partial charge >= 0.3 is 0 Å². The number of benzene rings is 1. The predicted octanol–water partition coefficient (Wildman–Crippen LogP) is 2.43. The molecule has 2 N–H and O–H groups in total. The van der Waals surface area contributed by atoms with Gasteiger partial charge in [-0.2, -0.15) is 9.98 Å². The van der Waals surface area contributed by atoms with Crippen LogP contribution in [0.5, 0.6) is 0 Å². The van der Waals surface area contributed by atoms with Gasteiger partial charge in [-0.05, 0) is 44.0 Å². The lowest BCUT2D eigenvalue weighted by atomic mass is 10.0. The lowest BCUT2D eigenvalue weighted by Crippen LogP contribution is -2.31. The molecule has 0 spiro atoms. The van der Waals surface area contributed by atoms with Crippen LogP contribution in [-0.2, 0) is 14.8 Å². The first-order chi connectivity index (χ1) is 13.8. The standard InChI is InChI=1S/C19H24N4O4S2/c1-13-17(18(24)22-29(2,25)26)21-19(28-13)23(11-15-4-3-9-27-12-15)16-7-5-14(10-20)6-8-16/h5-8,15,18,22,24H,3-4,9,11-12H2,1-2H3. The van der Waals surface area contributed by atoms with Gasteiger partial charge in [-0.1, -0.05) is 0 Å². The molecule has 0 bridgehead atoms. The van der Waals surface area contributed by atoms with E-state index in [-0.39, 0.29) is 5.69 Å². The number of aliphatic hydroxyl groups excluding tert-OH is 1. The third-order valence-corrected chi connectivity index (χ3v) is 6.30. The maximum absolute atomic E-state index is 11.5. The molecule has 1 aliphatic rings. The minimum Gasteiger partial charge on any atom is -0.381 e. The lowest BCUT2D eigenvalue weighted by molar-refractivity contribution is 0.0580. The number of aromatic nitrogens is 1. The van der Waals surface area contributed by atoms with Crippen LogP contribution < -0.4 is 9.62 Å². The van der Waals surface area contributed by atoms with Crippen molar-refractivity contribution >= 4 is 32.2 Å². The number of hydrogen-bond acceptors (Lipinski definition) is 8. The molecule has 2 atom stereocenters. The van der Waals surface area contributed by atoms with Gasteiger partial charge in [-0.15, -0.1) is 11.3 Å². The topological polar surface area (TPSA) is 116 Å². The first-order valence-electron chi connectivity index (χ1n) is 9.25. The second kappa shape index (κ2) is 9.19. The molecule has 29 heavy (non-hydrogen) atoms. The lowest BCUT2D eigenvalue weighted by Gasteiger charge is -2.29. The number of aryl methyl sites for hydroxylation is 1. The van der Waals surface area contributed by atoms with E-state index in [0.717, 1.165) is 36.3 Å². The third kappa shape index (κ3) is 5.74. The minimum absolute atomic E-state index is 0.286. The van der Waals surface area contributed by atoms with E-state index < -0.39 is 16.3 Å². The molecule has 1 aliphatic heterocycles. The highest BCUT2D eigenvalue weighted by Crippen LogP contribution is 2.35. The van der Waals surface area contributed by atoms with E-state index in [9.17, 15) is 13.5 Å². The molecule has 0 aliphatic carbocycles. The quantitative estimate of drug-likeness (QED) is 0.641. The van der Waals surface area contributed by atoms with Gasteiger partial charge in [0, 0.05) is 29.6 Å². The molecule has 2 unspecified atom stereocenters. The molecule has 2 heterocycles. The number of sulfonamides is 1. The summed E-state index contributed by atoms with van der Waals surface area (Å²) in [5.41, 5.74) is 1.73. The van der Waals surface area contributed by atoms with Gasteiger partial charge in [0.25, 0.3) is 0 Å². The number of nitriles is 1. The Morgan fingerprint density at radius 3 is 2.76 bits per heavy atom. The van der Waals surface area contributed by atoms with Crippen LogP contribution in [-0.4, -0.2) is 44.5 Å². The van der Waals surface area contributed by atoms with E-state index in [1.54, 1.807) is 19.1 Å². The number of rotatable bonds is 7. The van der Waals surface area contributed by atoms with Crippen LogP contribution in [0.15, 0.2) is 24.3 Å². The van der Waals surface area contributed by atoms with Crippen LogP contribution in [0.4, 0.5) is 10.8 Å². The van der Waals surface area contributed by atoms with E-state index in [1.807, 2.05) is 17.0 Å². The van der Waals surface area contributed by atoms with Crippen LogP contribution in [0.3, 0.4) is 0 Å². The summed E-state index contributed by atoms with van der Waals surface area (Å²) in [6.45, 7) is 3.91. The van der Waals surface area contributed by atoms with Crippen LogP contribution in [0.2, 0.25) is 0 Å². The Labute approximate surface area is 174 Å². The van der Waals surface area contributed by atoms with Crippen molar-refractivity contribution in [1.29, 1.82) is 5.26 Å². The fourth-order valence-electron chi connectivity index (χ4n) is 3.24. The van der Waals surface area contributed by atoms with E-state index in [2.05, 4.69) is 15.8 Å². The van der Waals surface area contributed by atoms with Crippen molar-refractivity contribution < 1.29 is 18.3 Å². The second-order valence-electron chi connectivity index (χ2n) is 7.08. The number of anilines is 2. The van der Waals surface area contributed by atoms with Gasteiger partial charge in [0.1, 0.15) is 5.69 Å². The molecule has 1 aromatic heterocycles. The Morgan fingerprint density at radius 1 is 1.45 bits per heavy atom. The first-order valence-corrected chi connectivity index (χ1v) is 12.0. The Kier molecular flexibility index (Phi) is 6.87. The molecule has 1 saturated heterocycles. The van der Waals surface area contributed by atoms with Crippen molar-refractivity contribution in [2.24, 2.45) is 5.92 Å². The van der Waals surface area contributed by atoms with E-state index in [1.165, 1.54) is 11.3 Å². The average molecular weight is 437 g/mol. The second-order valence-corrected chi connectivity index (χ2v) is 10.0. The molecule has 0 amide bonds. The van der Waals surface area contributed by atoms with Gasteiger partial charge in [-0.25, -0.2) is 13.4 Å². The molecular weight excluding hydrogens is 412 g/mol. The fourth-order valence-corrected chi connectivity index (χ4v) is 4.73. The van der Waals surface area contributed by atoms with Crippen LogP contribution >= 0.6 is 11.3 Å². The molecule has 1 aromatic carbocycles. The van der Waals surface area contributed by atoms with Gasteiger partial charge < -0.3 is 14.7 Å². The predicted molar refractivity (Wildman–Crippen MR) is 111 cm³/mol. The maximum atomic E-state index is 11.5. The SMILES string of the molecule is Cc1sc(N(CC2CCCOC2)c2ccc(C#N)cc2)nc1C(O)NS(C)(=O)=O. The molecule has 8 nitrogen and oxygen atoms in total. The van der Waals surface area contributed by atoms with Gasteiger partial charge in [-0.3, -0.25) is 0 Å². The molecule has 0 saturated carbocycles. The van der Waals surface area contributed by atoms with Gasteiger partial charge in [0.15, 0.2) is 11.4 Å². The maximum Gasteiger partial charge on any atom is 0.211 e. The molecule has 3 rings (SSSR count). The zero-order valence-corrected chi connectivity index (χ0v) is 18.0. The Morgan fingerprint density at radius 2 is 2.17 bits per heavy atom. The molecular formula is C19H24N4O4S2. The van der Waals surface area contributed by atoms with E-state index in [0.29, 0.717) is 29.8 Å². The highest BCUT2D eigenvalue weighted by atomic mass is 32.2. The largest absolute Gasteiger partial charge is 0.381 e. The van der Waals surface area contributed by atoms with E-state index >= 15 is 0 Å². The van der Waals surface area contributed by atoms with Crippen molar-refractivity contribution in [2.75, 3.05) is 30.9 Å². The monoisotopic (exact) mass is 436 g/mol. The van der Waals surface area contributed by atoms with E-state index in [4.69, 9.17) is 10.00 Å². The number of aliphatic hydroxyl groups is 1. The summed E-state index contributed by atoms with van der Waals surface area (Å²) >= 11 is 1.38. The van der Waals surface area contributed by atoms with Crippen molar-refractivity contribution in [2.45, 2.75) is 26.0 Å². The summed E-state index contributed by atoms with van der Waals surface area (Å²) in [4.78, 5) is 7.30. The normalized spacial score (nSPS) is 18.2. The Hall–Kier alpha value is -2.03. The summed E-state index contributed by atoms with van der Waals surface area (Å²) in [7, 11) is -3.58. The molecule has 2 aromatic rings. The number of nitrogens with zero attached hydrogens (tertiary/aromatic N) is 3. The fraction of sp³-hybridized carbons (Fsp3) is 0.474. The van der Waals surface area contributed by atoms with Gasteiger partial charge in [0.05, 0.1) is 24.5 Å². The van der Waals surface area contributed by atoms with Gasteiger partial charge in [0.2, 0.25) is 10.0 Å². The van der Waals surface area contributed by atoms with Crippen LogP contribution in [0.25, 0.3) is 0 Å². The number of hydrogen-bond donors (Lipinski definition) is 2. The van der Waals surface area contributed by atoms with Crippen LogP contribution in [0, 0.1) is 24.2 Å². The first kappa shape index (κ1) is 21.7. The number of thiazole rings is 1. The zero-order valence-electron chi connectivity index (χ0n) is 16.3. The molecule has 156 valence electrons. The summed E-state index contributed by atoms with van der Waals surface area (Å²) in [5, 5.41) is 20.0. The highest BCUT2D eigenvalue weighted by Gasteiger charge is 2.25. The zero-order chi connectivity index (χ0) is 21.0.